The van der Waals surface area contributed by atoms with Crippen molar-refractivity contribution >= 4 is 40.0 Å². The molecule has 1 atom stereocenters. The van der Waals surface area contributed by atoms with Crippen molar-refractivity contribution in [2.45, 2.75) is 32.3 Å². The van der Waals surface area contributed by atoms with E-state index in [-0.39, 0.29) is 41.9 Å². The lowest BCUT2D eigenvalue weighted by atomic mass is 10.0. The van der Waals surface area contributed by atoms with E-state index in [0.29, 0.717) is 19.0 Å². The molecule has 1 saturated heterocycles. The van der Waals surface area contributed by atoms with Crippen molar-refractivity contribution in [3.63, 3.8) is 0 Å². The van der Waals surface area contributed by atoms with Crippen LogP contribution >= 0.6 is 24.0 Å². The van der Waals surface area contributed by atoms with Crippen LogP contribution in [0.5, 0.6) is 0 Å². The highest BCUT2D eigenvalue weighted by Gasteiger charge is 2.29. The molecular weight excluding hydrogens is 395 g/mol. The number of ether oxygens (including phenoxy) is 1. The zero-order chi connectivity index (χ0) is 14.4. The number of aliphatic imine (C=N–C) groups is 1. The van der Waals surface area contributed by atoms with Crippen LogP contribution < -0.4 is 15.8 Å². The summed E-state index contributed by atoms with van der Waals surface area (Å²) in [6, 6.07) is 0. The molecule has 0 aliphatic carbocycles. The van der Waals surface area contributed by atoms with Crippen LogP contribution in [0.3, 0.4) is 0 Å². The molecule has 0 bridgehead atoms. The second-order valence-electron chi connectivity index (χ2n) is 4.89. The van der Waals surface area contributed by atoms with E-state index in [1.807, 2.05) is 13.8 Å². The Balaban J connectivity index is 0.00000361. The van der Waals surface area contributed by atoms with Crippen LogP contribution in [0.2, 0.25) is 0 Å². The molecule has 0 aromatic rings. The molecule has 0 amide bonds. The molecule has 1 unspecified atom stereocenters. The molecule has 0 aromatic carbocycles. The summed E-state index contributed by atoms with van der Waals surface area (Å²) in [7, 11) is -3.45. The molecule has 1 heterocycles. The van der Waals surface area contributed by atoms with Gasteiger partial charge in [0.25, 0.3) is 0 Å². The van der Waals surface area contributed by atoms with Gasteiger partial charge in [0, 0.05) is 19.7 Å². The lowest BCUT2D eigenvalue weighted by Crippen LogP contribution is -2.41. The van der Waals surface area contributed by atoms with Crippen molar-refractivity contribution in [1.29, 1.82) is 0 Å². The summed E-state index contributed by atoms with van der Waals surface area (Å²) in [6.45, 7) is 6.27. The van der Waals surface area contributed by atoms with Gasteiger partial charge >= 0.3 is 0 Å². The monoisotopic (exact) mass is 420 g/mol. The third-order valence-corrected chi connectivity index (χ3v) is 3.67. The van der Waals surface area contributed by atoms with Crippen LogP contribution in [-0.4, -0.2) is 52.0 Å². The van der Waals surface area contributed by atoms with Gasteiger partial charge in [-0.1, -0.05) is 0 Å². The Morgan fingerprint density at radius 2 is 2.15 bits per heavy atom. The minimum atomic E-state index is -3.45. The van der Waals surface area contributed by atoms with Crippen LogP contribution in [0.15, 0.2) is 4.99 Å². The van der Waals surface area contributed by atoms with Crippen molar-refractivity contribution < 1.29 is 13.2 Å². The summed E-state index contributed by atoms with van der Waals surface area (Å²) in [5, 5.41) is 10.9. The fourth-order valence-electron chi connectivity index (χ4n) is 1.86. The van der Waals surface area contributed by atoms with E-state index in [1.165, 1.54) is 0 Å². The van der Waals surface area contributed by atoms with Gasteiger partial charge in [0.1, 0.15) is 0 Å². The molecule has 1 aliphatic heterocycles. The Morgan fingerprint density at radius 3 is 2.65 bits per heavy atom. The Kier molecular flexibility index (Phi) is 8.95. The number of rotatable bonds is 6. The molecule has 9 heteroatoms. The maximum atomic E-state index is 10.8. The number of nitrogens with one attached hydrogen (secondary N) is 2. The first-order valence-corrected chi connectivity index (χ1v) is 8.23. The zero-order valence-corrected chi connectivity index (χ0v) is 15.2. The molecule has 0 spiro atoms. The lowest BCUT2D eigenvalue weighted by molar-refractivity contribution is 0.0283. The van der Waals surface area contributed by atoms with Crippen molar-refractivity contribution in [3.8, 4) is 0 Å². The zero-order valence-electron chi connectivity index (χ0n) is 12.0. The first-order valence-electron chi connectivity index (χ1n) is 6.51. The van der Waals surface area contributed by atoms with Crippen LogP contribution in [-0.2, 0) is 14.8 Å². The van der Waals surface area contributed by atoms with Crippen LogP contribution in [0.25, 0.3) is 0 Å². The number of hydrogen-bond donors (Lipinski definition) is 3. The van der Waals surface area contributed by atoms with E-state index in [1.54, 1.807) is 0 Å². The highest BCUT2D eigenvalue weighted by atomic mass is 127. The van der Waals surface area contributed by atoms with E-state index < -0.39 is 10.0 Å². The highest BCUT2D eigenvalue weighted by Crippen LogP contribution is 2.24. The molecule has 20 heavy (non-hydrogen) atoms. The molecule has 0 saturated carbocycles. The van der Waals surface area contributed by atoms with E-state index in [2.05, 4.69) is 15.6 Å². The Hall–Kier alpha value is -0.130. The van der Waals surface area contributed by atoms with Gasteiger partial charge in [-0.05, 0) is 26.7 Å². The molecule has 120 valence electrons. The minimum absolute atomic E-state index is 0. The second kappa shape index (κ2) is 9.00. The molecule has 4 N–H and O–H groups in total. The third-order valence-electron chi connectivity index (χ3n) is 2.90. The predicted octanol–water partition coefficient (Wildman–Crippen LogP) is 0.0171. The maximum Gasteiger partial charge on any atom is 0.210 e. The average molecular weight is 420 g/mol. The Bertz CT molecular complexity index is 408. The molecule has 7 nitrogen and oxygen atoms in total. The third kappa shape index (κ3) is 8.22. The Labute approximate surface area is 138 Å². The summed E-state index contributed by atoms with van der Waals surface area (Å²) in [6.07, 6.45) is 2.05. The molecule has 1 aliphatic rings. The van der Waals surface area contributed by atoms with Crippen molar-refractivity contribution in [2.24, 2.45) is 10.1 Å². The number of nitrogens with zero attached hydrogens (tertiary/aromatic N) is 1. The van der Waals surface area contributed by atoms with Gasteiger partial charge in [0.2, 0.25) is 10.0 Å². The Morgan fingerprint density at radius 1 is 1.45 bits per heavy atom. The van der Waals surface area contributed by atoms with E-state index in [4.69, 9.17) is 9.88 Å². The SMILES string of the molecule is CCNC(=NCC1(C)CCCO1)NCCS(N)(=O)=O.I. The predicted molar refractivity (Wildman–Crippen MR) is 91.0 cm³/mol. The molecule has 1 rings (SSSR count). The van der Waals surface area contributed by atoms with Crippen molar-refractivity contribution in [2.75, 3.05) is 32.0 Å². The number of hydrogen-bond acceptors (Lipinski definition) is 4. The summed E-state index contributed by atoms with van der Waals surface area (Å²) < 4.78 is 27.3. The molecule has 1 fully saturated rings. The van der Waals surface area contributed by atoms with Gasteiger partial charge in [0.15, 0.2) is 5.96 Å². The molecular formula is C11H25IN4O3S. The van der Waals surface area contributed by atoms with E-state index in [9.17, 15) is 8.42 Å². The maximum absolute atomic E-state index is 10.8. The van der Waals surface area contributed by atoms with Crippen molar-refractivity contribution in [1.82, 2.24) is 10.6 Å². The smallest absolute Gasteiger partial charge is 0.210 e. The minimum Gasteiger partial charge on any atom is -0.373 e. The second-order valence-corrected chi connectivity index (χ2v) is 6.62. The highest BCUT2D eigenvalue weighted by molar-refractivity contribution is 14.0. The number of sulfonamides is 1. The van der Waals surface area contributed by atoms with Crippen LogP contribution in [0.1, 0.15) is 26.7 Å². The molecule has 0 aromatic heterocycles. The lowest BCUT2D eigenvalue weighted by Gasteiger charge is -2.21. The number of nitrogens with two attached hydrogens (primary N) is 1. The summed E-state index contributed by atoms with van der Waals surface area (Å²) >= 11 is 0. The van der Waals surface area contributed by atoms with E-state index in [0.717, 1.165) is 19.4 Å². The van der Waals surface area contributed by atoms with Gasteiger partial charge in [0.05, 0.1) is 17.9 Å². The van der Waals surface area contributed by atoms with Gasteiger partial charge in [-0.3, -0.25) is 4.99 Å². The van der Waals surface area contributed by atoms with Gasteiger partial charge in [-0.15, -0.1) is 24.0 Å². The summed E-state index contributed by atoms with van der Waals surface area (Å²) in [5.74, 6) is 0.466. The summed E-state index contributed by atoms with van der Waals surface area (Å²) in [5.41, 5.74) is -0.206. The largest absolute Gasteiger partial charge is 0.373 e. The first-order chi connectivity index (χ1) is 8.85. The standard InChI is InChI=1S/C11H24N4O3S.HI/c1-3-13-10(14-6-8-19(12,16)17)15-9-11(2)5-4-7-18-11;/h3-9H2,1-2H3,(H2,12,16,17)(H2,13,14,15);1H. The van der Waals surface area contributed by atoms with Crippen LogP contribution in [0.4, 0.5) is 0 Å². The summed E-state index contributed by atoms with van der Waals surface area (Å²) in [4.78, 5) is 4.42. The van der Waals surface area contributed by atoms with E-state index >= 15 is 0 Å². The van der Waals surface area contributed by atoms with Gasteiger partial charge in [-0.25, -0.2) is 13.6 Å². The number of primary sulfonamides is 1. The quantitative estimate of drug-likeness (QED) is 0.319. The van der Waals surface area contributed by atoms with Gasteiger partial charge < -0.3 is 15.4 Å². The van der Waals surface area contributed by atoms with Gasteiger partial charge in [-0.2, -0.15) is 0 Å². The first kappa shape index (κ1) is 19.9. The topological polar surface area (TPSA) is 106 Å². The number of guanidine groups is 1. The normalized spacial score (nSPS) is 23.2. The average Bonchev–Trinajstić information content (AvgIpc) is 2.72. The molecule has 0 radical (unpaired) electrons. The van der Waals surface area contributed by atoms with Crippen molar-refractivity contribution in [3.05, 3.63) is 0 Å². The fourth-order valence-corrected chi connectivity index (χ4v) is 2.25. The van der Waals surface area contributed by atoms with Crippen LogP contribution in [0, 0.1) is 0 Å². The fraction of sp³-hybridized carbons (Fsp3) is 0.909. The number of halogens is 1.